The monoisotopic (exact) mass is 200 g/mol. The summed E-state index contributed by atoms with van der Waals surface area (Å²) in [5, 5.41) is 28.3. The average molecular weight is 200 g/mol. The van der Waals surface area contributed by atoms with Crippen LogP contribution in [0.2, 0.25) is 0 Å². The van der Waals surface area contributed by atoms with Gasteiger partial charge in [-0.05, 0) is 44.6 Å². The van der Waals surface area contributed by atoms with E-state index in [0.717, 1.165) is 12.0 Å². The van der Waals surface area contributed by atoms with Crippen LogP contribution in [0.15, 0.2) is 11.6 Å². The van der Waals surface area contributed by atoms with E-state index >= 15 is 0 Å². The van der Waals surface area contributed by atoms with E-state index in [-0.39, 0.29) is 12.5 Å². The maximum atomic E-state index is 9.79. The van der Waals surface area contributed by atoms with Gasteiger partial charge in [0.1, 0.15) is 0 Å². The Bertz CT molecular complexity index is 215. The van der Waals surface area contributed by atoms with Crippen LogP contribution in [0.5, 0.6) is 0 Å². The third-order valence-corrected chi connectivity index (χ3v) is 3.00. The summed E-state index contributed by atoms with van der Waals surface area (Å²) < 4.78 is 0. The van der Waals surface area contributed by atoms with Gasteiger partial charge in [-0.2, -0.15) is 0 Å². The molecule has 0 aromatic carbocycles. The number of hydrogen-bond acceptors (Lipinski definition) is 3. The van der Waals surface area contributed by atoms with E-state index in [4.69, 9.17) is 5.11 Å². The fourth-order valence-corrected chi connectivity index (χ4v) is 1.92. The lowest BCUT2D eigenvalue weighted by Gasteiger charge is -2.34. The van der Waals surface area contributed by atoms with Crippen LogP contribution in [0, 0.1) is 5.92 Å². The molecule has 0 aromatic rings. The molecule has 3 heteroatoms. The van der Waals surface area contributed by atoms with Gasteiger partial charge in [-0.3, -0.25) is 0 Å². The van der Waals surface area contributed by atoms with Crippen molar-refractivity contribution in [1.29, 1.82) is 0 Å². The average Bonchev–Trinajstić information content (AvgIpc) is 2.07. The van der Waals surface area contributed by atoms with Gasteiger partial charge in [0.15, 0.2) is 0 Å². The number of allylic oxidation sites excluding steroid dienone is 1. The standard InChI is InChI=1S/C11H20O3/c1-11(2,14)9-4-3-8(5-6-12)10(13)7-9/h3,9-10,12-14H,4-7H2,1-2H3/t9-,10-/m0/s1. The molecule has 0 aliphatic heterocycles. The Morgan fingerprint density at radius 1 is 1.50 bits per heavy atom. The highest BCUT2D eigenvalue weighted by Gasteiger charge is 2.31. The van der Waals surface area contributed by atoms with E-state index in [9.17, 15) is 10.2 Å². The Labute approximate surface area is 85.1 Å². The van der Waals surface area contributed by atoms with Gasteiger partial charge in [-0.25, -0.2) is 0 Å². The molecule has 0 saturated heterocycles. The molecule has 0 saturated carbocycles. The van der Waals surface area contributed by atoms with Gasteiger partial charge in [0.2, 0.25) is 0 Å². The van der Waals surface area contributed by atoms with Crippen molar-refractivity contribution in [3.05, 3.63) is 11.6 Å². The Kier molecular flexibility index (Phi) is 3.70. The lowest BCUT2D eigenvalue weighted by molar-refractivity contribution is -0.00635. The second-order valence-corrected chi connectivity index (χ2v) is 4.59. The van der Waals surface area contributed by atoms with E-state index < -0.39 is 11.7 Å². The van der Waals surface area contributed by atoms with Gasteiger partial charge in [-0.1, -0.05) is 6.08 Å². The van der Waals surface area contributed by atoms with Gasteiger partial charge < -0.3 is 15.3 Å². The number of hydrogen-bond donors (Lipinski definition) is 3. The van der Waals surface area contributed by atoms with Crippen LogP contribution in [0.25, 0.3) is 0 Å². The minimum atomic E-state index is -0.734. The normalized spacial score (nSPS) is 28.8. The number of rotatable bonds is 3. The summed E-state index contributed by atoms with van der Waals surface area (Å²) in [6.07, 6.45) is 3.38. The Balaban J connectivity index is 2.62. The van der Waals surface area contributed by atoms with Crippen molar-refractivity contribution in [3.8, 4) is 0 Å². The molecule has 1 aliphatic rings. The van der Waals surface area contributed by atoms with Crippen LogP contribution >= 0.6 is 0 Å². The molecule has 3 nitrogen and oxygen atoms in total. The van der Waals surface area contributed by atoms with Crippen LogP contribution < -0.4 is 0 Å². The van der Waals surface area contributed by atoms with Crippen molar-refractivity contribution in [2.75, 3.05) is 6.61 Å². The molecule has 0 fully saturated rings. The van der Waals surface area contributed by atoms with Gasteiger partial charge >= 0.3 is 0 Å². The topological polar surface area (TPSA) is 60.7 Å². The van der Waals surface area contributed by atoms with Crippen LogP contribution in [0.4, 0.5) is 0 Å². The van der Waals surface area contributed by atoms with Gasteiger partial charge in [0.25, 0.3) is 0 Å². The fourth-order valence-electron chi connectivity index (χ4n) is 1.92. The van der Waals surface area contributed by atoms with Crippen LogP contribution in [0.1, 0.15) is 33.1 Å². The van der Waals surface area contributed by atoms with Crippen molar-refractivity contribution < 1.29 is 15.3 Å². The SMILES string of the molecule is CC(C)(O)[C@H]1CC=C(CCO)[C@@H](O)C1. The van der Waals surface area contributed by atoms with Crippen molar-refractivity contribution in [1.82, 2.24) is 0 Å². The van der Waals surface area contributed by atoms with Crippen molar-refractivity contribution in [3.63, 3.8) is 0 Å². The number of aliphatic hydroxyl groups excluding tert-OH is 2. The molecule has 1 aliphatic carbocycles. The quantitative estimate of drug-likeness (QED) is 0.592. The first-order valence-corrected chi connectivity index (χ1v) is 5.15. The summed E-state index contributed by atoms with van der Waals surface area (Å²) in [5.74, 6) is 0.111. The van der Waals surface area contributed by atoms with Crippen molar-refractivity contribution in [2.45, 2.75) is 44.8 Å². The summed E-state index contributed by atoms with van der Waals surface area (Å²) >= 11 is 0. The smallest absolute Gasteiger partial charge is 0.0754 e. The van der Waals surface area contributed by atoms with E-state index in [0.29, 0.717) is 12.8 Å². The second-order valence-electron chi connectivity index (χ2n) is 4.59. The molecule has 82 valence electrons. The molecule has 0 radical (unpaired) electrons. The second kappa shape index (κ2) is 4.43. The molecule has 3 N–H and O–H groups in total. The molecule has 0 spiro atoms. The van der Waals surface area contributed by atoms with Gasteiger partial charge in [0.05, 0.1) is 11.7 Å². The van der Waals surface area contributed by atoms with E-state index in [2.05, 4.69) is 0 Å². The molecule has 2 atom stereocenters. The van der Waals surface area contributed by atoms with Crippen molar-refractivity contribution >= 4 is 0 Å². The molecule has 0 unspecified atom stereocenters. The minimum Gasteiger partial charge on any atom is -0.396 e. The summed E-state index contributed by atoms with van der Waals surface area (Å²) in [6, 6.07) is 0. The Morgan fingerprint density at radius 2 is 2.14 bits per heavy atom. The lowest BCUT2D eigenvalue weighted by Crippen LogP contribution is -2.36. The highest BCUT2D eigenvalue weighted by atomic mass is 16.3. The van der Waals surface area contributed by atoms with Crippen LogP contribution in [-0.4, -0.2) is 33.6 Å². The van der Waals surface area contributed by atoms with Gasteiger partial charge in [-0.15, -0.1) is 0 Å². The molecule has 1 rings (SSSR count). The molecular formula is C11H20O3. The van der Waals surface area contributed by atoms with E-state index in [1.54, 1.807) is 13.8 Å². The molecule has 0 aromatic heterocycles. The van der Waals surface area contributed by atoms with Crippen LogP contribution in [-0.2, 0) is 0 Å². The lowest BCUT2D eigenvalue weighted by atomic mass is 9.78. The summed E-state index contributed by atoms with van der Waals surface area (Å²) in [6.45, 7) is 3.63. The third-order valence-electron chi connectivity index (χ3n) is 3.00. The zero-order valence-electron chi connectivity index (χ0n) is 8.90. The fraction of sp³-hybridized carbons (Fsp3) is 0.818. The maximum Gasteiger partial charge on any atom is 0.0754 e. The Hall–Kier alpha value is -0.380. The third kappa shape index (κ3) is 2.80. The predicted octanol–water partition coefficient (Wildman–Crippen LogP) is 0.837. The summed E-state index contributed by atoms with van der Waals surface area (Å²) in [4.78, 5) is 0. The highest BCUT2D eigenvalue weighted by Crippen LogP contribution is 2.32. The first kappa shape index (κ1) is 11.7. The van der Waals surface area contributed by atoms with E-state index in [1.807, 2.05) is 6.08 Å². The Morgan fingerprint density at radius 3 is 2.57 bits per heavy atom. The van der Waals surface area contributed by atoms with Gasteiger partial charge in [0, 0.05) is 6.61 Å². The van der Waals surface area contributed by atoms with E-state index in [1.165, 1.54) is 0 Å². The molecule has 14 heavy (non-hydrogen) atoms. The summed E-state index contributed by atoms with van der Waals surface area (Å²) in [7, 11) is 0. The molecule has 0 bridgehead atoms. The largest absolute Gasteiger partial charge is 0.396 e. The maximum absolute atomic E-state index is 9.79. The highest BCUT2D eigenvalue weighted by molar-refractivity contribution is 5.13. The first-order chi connectivity index (χ1) is 6.45. The zero-order chi connectivity index (χ0) is 10.8. The van der Waals surface area contributed by atoms with Crippen LogP contribution in [0.3, 0.4) is 0 Å². The molecule has 0 amide bonds. The zero-order valence-corrected chi connectivity index (χ0v) is 8.90. The molecular weight excluding hydrogens is 180 g/mol. The predicted molar refractivity (Wildman–Crippen MR) is 54.8 cm³/mol. The number of aliphatic hydroxyl groups is 3. The minimum absolute atomic E-state index is 0.0794. The summed E-state index contributed by atoms with van der Waals surface area (Å²) in [5.41, 5.74) is 0.176. The van der Waals surface area contributed by atoms with Crippen molar-refractivity contribution in [2.24, 2.45) is 5.92 Å². The first-order valence-electron chi connectivity index (χ1n) is 5.15. The molecule has 0 heterocycles.